The number of alkyl halides is 3. The number of aromatic nitrogens is 4. The highest BCUT2D eigenvalue weighted by Crippen LogP contribution is 2.34. The Morgan fingerprint density at radius 2 is 2.03 bits per heavy atom. The number of fused-ring (bicyclic) bond motifs is 1. The molecule has 3 heterocycles. The number of benzene rings is 1. The van der Waals surface area contributed by atoms with Crippen LogP contribution in [0.2, 0.25) is 0 Å². The van der Waals surface area contributed by atoms with Crippen LogP contribution in [0.3, 0.4) is 0 Å². The first-order valence-electron chi connectivity index (χ1n) is 9.39. The fourth-order valence-corrected chi connectivity index (χ4v) is 3.59. The van der Waals surface area contributed by atoms with Crippen LogP contribution in [0.4, 0.5) is 13.2 Å². The summed E-state index contributed by atoms with van der Waals surface area (Å²) >= 11 is 0. The van der Waals surface area contributed by atoms with E-state index in [9.17, 15) is 18.0 Å². The lowest BCUT2D eigenvalue weighted by Gasteiger charge is -2.14. The molecule has 29 heavy (non-hydrogen) atoms. The SMILES string of the molecule is Cc1ccccc1-n1ncc(C(=O)NCc2cn3c(n2)CCCC3)c1C(F)(F)F. The Morgan fingerprint density at radius 1 is 1.24 bits per heavy atom. The Labute approximate surface area is 165 Å². The van der Waals surface area contributed by atoms with Crippen LogP contribution >= 0.6 is 0 Å². The van der Waals surface area contributed by atoms with Gasteiger partial charge in [0, 0.05) is 19.2 Å². The average molecular weight is 403 g/mol. The molecular weight excluding hydrogens is 383 g/mol. The number of carbonyl (C=O) groups excluding carboxylic acids is 1. The third-order valence-corrected chi connectivity index (χ3v) is 5.01. The van der Waals surface area contributed by atoms with Gasteiger partial charge in [-0.25, -0.2) is 9.67 Å². The van der Waals surface area contributed by atoms with E-state index >= 15 is 0 Å². The predicted octanol–water partition coefficient (Wildman–Crippen LogP) is 3.66. The quantitative estimate of drug-likeness (QED) is 0.723. The van der Waals surface area contributed by atoms with Gasteiger partial charge in [-0.05, 0) is 31.4 Å². The van der Waals surface area contributed by atoms with E-state index in [-0.39, 0.29) is 12.2 Å². The molecule has 1 aromatic carbocycles. The first-order chi connectivity index (χ1) is 13.8. The van der Waals surface area contributed by atoms with Crippen molar-refractivity contribution in [3.8, 4) is 5.69 Å². The van der Waals surface area contributed by atoms with E-state index in [4.69, 9.17) is 0 Å². The topological polar surface area (TPSA) is 64.7 Å². The van der Waals surface area contributed by atoms with Crippen molar-refractivity contribution in [1.29, 1.82) is 0 Å². The van der Waals surface area contributed by atoms with Crippen molar-refractivity contribution in [2.75, 3.05) is 0 Å². The number of imidazole rings is 1. The fourth-order valence-electron chi connectivity index (χ4n) is 3.59. The number of halogens is 3. The van der Waals surface area contributed by atoms with Gasteiger partial charge in [0.1, 0.15) is 5.82 Å². The molecule has 0 saturated carbocycles. The van der Waals surface area contributed by atoms with Crippen molar-refractivity contribution in [1.82, 2.24) is 24.6 Å². The molecule has 0 atom stereocenters. The van der Waals surface area contributed by atoms with Crippen LogP contribution in [0, 0.1) is 6.92 Å². The Hall–Kier alpha value is -3.10. The number of hydrogen-bond acceptors (Lipinski definition) is 3. The summed E-state index contributed by atoms with van der Waals surface area (Å²) in [7, 11) is 0. The number of hydrogen-bond donors (Lipinski definition) is 1. The van der Waals surface area contributed by atoms with E-state index in [0.29, 0.717) is 11.3 Å². The van der Waals surface area contributed by atoms with Gasteiger partial charge in [0.15, 0.2) is 5.69 Å². The van der Waals surface area contributed by atoms with Gasteiger partial charge in [-0.15, -0.1) is 0 Å². The summed E-state index contributed by atoms with van der Waals surface area (Å²) in [5, 5.41) is 6.41. The minimum atomic E-state index is -4.74. The molecule has 9 heteroatoms. The molecule has 0 saturated heterocycles. The summed E-state index contributed by atoms with van der Waals surface area (Å²) in [6.07, 6.45) is 1.07. The molecule has 0 aliphatic carbocycles. The maximum atomic E-state index is 13.8. The summed E-state index contributed by atoms with van der Waals surface area (Å²) in [5.41, 5.74) is -0.0643. The second-order valence-corrected chi connectivity index (χ2v) is 7.08. The number of carbonyl (C=O) groups is 1. The second kappa shape index (κ2) is 7.38. The number of nitrogens with one attached hydrogen (secondary N) is 1. The molecule has 4 rings (SSSR count). The van der Waals surface area contributed by atoms with Crippen LogP contribution in [-0.2, 0) is 25.7 Å². The zero-order chi connectivity index (χ0) is 20.6. The van der Waals surface area contributed by atoms with E-state index in [1.54, 1.807) is 25.1 Å². The molecule has 1 amide bonds. The van der Waals surface area contributed by atoms with Gasteiger partial charge in [0.05, 0.1) is 29.7 Å². The third kappa shape index (κ3) is 3.76. The molecule has 0 unspecified atom stereocenters. The van der Waals surface area contributed by atoms with E-state index in [0.717, 1.165) is 42.5 Å². The molecule has 0 spiro atoms. The third-order valence-electron chi connectivity index (χ3n) is 5.01. The zero-order valence-electron chi connectivity index (χ0n) is 15.8. The molecule has 0 fully saturated rings. The summed E-state index contributed by atoms with van der Waals surface area (Å²) in [6, 6.07) is 6.59. The van der Waals surface area contributed by atoms with Crippen molar-refractivity contribution in [2.45, 2.75) is 45.5 Å². The Kier molecular flexibility index (Phi) is 4.89. The maximum Gasteiger partial charge on any atom is 0.434 e. The Balaban J connectivity index is 1.60. The highest BCUT2D eigenvalue weighted by atomic mass is 19.4. The molecule has 152 valence electrons. The molecule has 3 aromatic rings. The molecule has 0 bridgehead atoms. The van der Waals surface area contributed by atoms with Gasteiger partial charge in [0.25, 0.3) is 5.91 Å². The van der Waals surface area contributed by atoms with Gasteiger partial charge >= 0.3 is 6.18 Å². The number of amides is 1. The molecular formula is C20H20F3N5O. The van der Waals surface area contributed by atoms with E-state index < -0.39 is 23.3 Å². The molecule has 1 aliphatic rings. The predicted molar refractivity (Wildman–Crippen MR) is 99.6 cm³/mol. The summed E-state index contributed by atoms with van der Waals surface area (Å²) in [5.74, 6) is 0.118. The van der Waals surface area contributed by atoms with Crippen molar-refractivity contribution in [3.63, 3.8) is 0 Å². The number of aryl methyl sites for hydroxylation is 3. The van der Waals surface area contributed by atoms with Crippen LogP contribution in [0.1, 0.15) is 46.0 Å². The highest BCUT2D eigenvalue weighted by Gasteiger charge is 2.40. The minimum absolute atomic E-state index is 0.0612. The largest absolute Gasteiger partial charge is 0.434 e. The molecule has 1 aliphatic heterocycles. The van der Waals surface area contributed by atoms with Crippen LogP contribution in [0.15, 0.2) is 36.7 Å². The van der Waals surface area contributed by atoms with Crippen LogP contribution < -0.4 is 5.32 Å². The summed E-state index contributed by atoms with van der Waals surface area (Å²) in [6.45, 7) is 2.63. The zero-order valence-corrected chi connectivity index (χ0v) is 15.8. The summed E-state index contributed by atoms with van der Waals surface area (Å²) in [4.78, 5) is 17.0. The van der Waals surface area contributed by atoms with Crippen LogP contribution in [-0.4, -0.2) is 25.2 Å². The standard InChI is InChI=1S/C20H20F3N5O/c1-13-6-2-3-7-16(13)28-18(20(21,22)23)15(11-25-28)19(29)24-10-14-12-27-9-5-4-8-17(27)26-14/h2-3,6-7,11-12H,4-5,8-10H2,1H3,(H,24,29). The lowest BCUT2D eigenvalue weighted by Crippen LogP contribution is -2.26. The summed E-state index contributed by atoms with van der Waals surface area (Å²) < 4.78 is 44.2. The van der Waals surface area contributed by atoms with Crippen molar-refractivity contribution < 1.29 is 18.0 Å². The number of nitrogens with zero attached hydrogens (tertiary/aromatic N) is 4. The Bertz CT molecular complexity index is 1030. The molecule has 2 aromatic heterocycles. The lowest BCUT2D eigenvalue weighted by atomic mass is 10.1. The lowest BCUT2D eigenvalue weighted by molar-refractivity contribution is -0.143. The van der Waals surface area contributed by atoms with Gasteiger partial charge in [-0.3, -0.25) is 4.79 Å². The van der Waals surface area contributed by atoms with Crippen molar-refractivity contribution in [3.05, 3.63) is 65.0 Å². The number of para-hydroxylation sites is 1. The smallest absolute Gasteiger partial charge is 0.346 e. The minimum Gasteiger partial charge on any atom is -0.346 e. The molecule has 6 nitrogen and oxygen atoms in total. The average Bonchev–Trinajstić information content (AvgIpc) is 3.30. The molecule has 0 radical (unpaired) electrons. The Morgan fingerprint density at radius 3 is 2.76 bits per heavy atom. The first kappa shape index (κ1) is 19.2. The van der Waals surface area contributed by atoms with Crippen LogP contribution in [0.5, 0.6) is 0 Å². The normalized spacial score (nSPS) is 13.9. The molecule has 1 N–H and O–H groups in total. The highest BCUT2D eigenvalue weighted by molar-refractivity contribution is 5.95. The van der Waals surface area contributed by atoms with Gasteiger partial charge in [-0.1, -0.05) is 18.2 Å². The van der Waals surface area contributed by atoms with E-state index in [1.165, 1.54) is 6.07 Å². The number of rotatable bonds is 4. The van der Waals surface area contributed by atoms with Crippen molar-refractivity contribution in [2.24, 2.45) is 0 Å². The van der Waals surface area contributed by atoms with Gasteiger partial charge in [-0.2, -0.15) is 18.3 Å². The van der Waals surface area contributed by atoms with Gasteiger partial charge in [0.2, 0.25) is 0 Å². The second-order valence-electron chi connectivity index (χ2n) is 7.08. The van der Waals surface area contributed by atoms with E-state index in [1.807, 2.05) is 10.8 Å². The first-order valence-corrected chi connectivity index (χ1v) is 9.39. The monoisotopic (exact) mass is 403 g/mol. The fraction of sp³-hybridized carbons (Fsp3) is 0.350. The van der Waals surface area contributed by atoms with Gasteiger partial charge < -0.3 is 9.88 Å². The van der Waals surface area contributed by atoms with Crippen LogP contribution in [0.25, 0.3) is 5.69 Å². The van der Waals surface area contributed by atoms with Crippen molar-refractivity contribution >= 4 is 5.91 Å². The van der Waals surface area contributed by atoms with E-state index in [2.05, 4.69) is 15.4 Å². The maximum absolute atomic E-state index is 13.8.